The summed E-state index contributed by atoms with van der Waals surface area (Å²) in [5.41, 5.74) is 0.0932. The van der Waals surface area contributed by atoms with Crippen LogP contribution in [0.2, 0.25) is 0 Å². The Balaban J connectivity index is 2.31. The van der Waals surface area contributed by atoms with E-state index < -0.39 is 22.6 Å². The van der Waals surface area contributed by atoms with Gasteiger partial charge in [-0.25, -0.2) is 4.39 Å². The molecule has 0 saturated heterocycles. The molecule has 0 bridgehead atoms. The van der Waals surface area contributed by atoms with Crippen molar-refractivity contribution >= 4 is 17.3 Å². The van der Waals surface area contributed by atoms with Gasteiger partial charge in [0.25, 0.3) is 5.69 Å². The third-order valence-electron chi connectivity index (χ3n) is 3.90. The smallest absolute Gasteiger partial charge is 0.308 e. The molecule has 0 amide bonds. The number of carboxylic acid groups (broad SMARTS) is 1. The maximum absolute atomic E-state index is 13.5. The van der Waals surface area contributed by atoms with E-state index in [2.05, 4.69) is 5.32 Å². The molecule has 21 heavy (non-hydrogen) atoms. The van der Waals surface area contributed by atoms with Gasteiger partial charge in [0.2, 0.25) is 0 Å². The van der Waals surface area contributed by atoms with Crippen LogP contribution in [0.25, 0.3) is 0 Å². The molecule has 0 radical (unpaired) electrons. The lowest BCUT2D eigenvalue weighted by atomic mass is 9.84. The first-order chi connectivity index (χ1) is 9.90. The number of rotatable bonds is 4. The Morgan fingerprint density at radius 1 is 1.43 bits per heavy atom. The van der Waals surface area contributed by atoms with Gasteiger partial charge >= 0.3 is 5.97 Å². The highest BCUT2D eigenvalue weighted by atomic mass is 19.1. The van der Waals surface area contributed by atoms with Crippen molar-refractivity contribution in [2.75, 3.05) is 5.32 Å². The Hall–Kier alpha value is -2.18. The van der Waals surface area contributed by atoms with Gasteiger partial charge in [-0.05, 0) is 31.4 Å². The average Bonchev–Trinajstić information content (AvgIpc) is 2.42. The second-order valence-electron chi connectivity index (χ2n) is 5.36. The molecule has 0 aliphatic heterocycles. The minimum atomic E-state index is -0.909. The van der Waals surface area contributed by atoms with Crippen LogP contribution in [-0.4, -0.2) is 22.0 Å². The molecule has 7 heteroatoms. The van der Waals surface area contributed by atoms with E-state index >= 15 is 0 Å². The predicted molar refractivity (Wildman–Crippen MR) is 74.8 cm³/mol. The number of nitrogens with zero attached hydrogens (tertiary/aromatic N) is 1. The van der Waals surface area contributed by atoms with Gasteiger partial charge in [0.15, 0.2) is 0 Å². The fourth-order valence-electron chi connectivity index (χ4n) is 2.74. The van der Waals surface area contributed by atoms with Gasteiger partial charge in [-0.15, -0.1) is 0 Å². The van der Waals surface area contributed by atoms with Crippen LogP contribution in [-0.2, 0) is 4.79 Å². The number of carboxylic acids is 1. The zero-order valence-corrected chi connectivity index (χ0v) is 11.6. The molecule has 6 nitrogen and oxygen atoms in total. The van der Waals surface area contributed by atoms with Crippen LogP contribution in [0.1, 0.15) is 31.2 Å². The number of nitrogens with one attached hydrogen (secondary N) is 1. The minimum absolute atomic E-state index is 0.178. The maximum atomic E-state index is 13.5. The molecule has 2 atom stereocenters. The van der Waals surface area contributed by atoms with Crippen molar-refractivity contribution < 1.29 is 19.2 Å². The fourth-order valence-corrected chi connectivity index (χ4v) is 2.74. The quantitative estimate of drug-likeness (QED) is 0.658. The summed E-state index contributed by atoms with van der Waals surface area (Å²) in [5, 5.41) is 23.2. The number of carbonyl (C=O) groups is 1. The summed E-state index contributed by atoms with van der Waals surface area (Å²) in [6, 6.07) is 1.86. The van der Waals surface area contributed by atoms with Gasteiger partial charge in [-0.2, -0.15) is 0 Å². The topological polar surface area (TPSA) is 92.5 Å². The van der Waals surface area contributed by atoms with Crippen LogP contribution in [0.5, 0.6) is 0 Å². The van der Waals surface area contributed by atoms with Crippen molar-refractivity contribution in [1.82, 2.24) is 0 Å². The van der Waals surface area contributed by atoms with Crippen molar-refractivity contribution in [3.63, 3.8) is 0 Å². The second-order valence-corrected chi connectivity index (χ2v) is 5.36. The molecule has 0 heterocycles. The fraction of sp³-hybridized carbons (Fsp3) is 0.500. The molecular weight excluding hydrogens is 279 g/mol. The number of aliphatic carboxylic acids is 1. The van der Waals surface area contributed by atoms with E-state index in [0.717, 1.165) is 18.9 Å². The zero-order valence-electron chi connectivity index (χ0n) is 11.6. The Morgan fingerprint density at radius 2 is 2.10 bits per heavy atom. The molecule has 1 aromatic rings. The van der Waals surface area contributed by atoms with Crippen LogP contribution in [0.15, 0.2) is 12.1 Å². The average molecular weight is 296 g/mol. The number of anilines is 1. The van der Waals surface area contributed by atoms with E-state index in [1.807, 2.05) is 0 Å². The van der Waals surface area contributed by atoms with Crippen LogP contribution in [0, 0.1) is 28.8 Å². The number of hydrogen-bond acceptors (Lipinski definition) is 4. The number of nitro groups is 1. The van der Waals surface area contributed by atoms with E-state index in [1.165, 1.54) is 13.0 Å². The van der Waals surface area contributed by atoms with E-state index in [0.29, 0.717) is 12.8 Å². The standard InChI is InChI=1S/C14H17FN2O4/c1-8-6-12(13(17(20)21)7-10(8)15)16-11-5-3-2-4-9(11)14(18)19/h6-7,9,11,16H,2-5H2,1H3,(H,18,19). The Labute approximate surface area is 121 Å². The molecule has 1 aliphatic carbocycles. The number of benzene rings is 1. The number of nitro benzene ring substituents is 1. The second kappa shape index (κ2) is 6.07. The van der Waals surface area contributed by atoms with Crippen molar-refractivity contribution in [1.29, 1.82) is 0 Å². The summed E-state index contributed by atoms with van der Waals surface area (Å²) in [7, 11) is 0. The SMILES string of the molecule is Cc1cc(NC2CCCCC2C(=O)O)c([N+](=O)[O-])cc1F. The van der Waals surface area contributed by atoms with Crippen molar-refractivity contribution in [2.24, 2.45) is 5.92 Å². The number of hydrogen-bond donors (Lipinski definition) is 2. The Morgan fingerprint density at radius 3 is 2.71 bits per heavy atom. The van der Waals surface area contributed by atoms with Gasteiger partial charge in [-0.1, -0.05) is 12.8 Å². The summed E-state index contributed by atoms with van der Waals surface area (Å²) in [5.74, 6) is -2.14. The highest BCUT2D eigenvalue weighted by Gasteiger charge is 2.32. The van der Waals surface area contributed by atoms with Gasteiger partial charge in [0.05, 0.1) is 16.9 Å². The molecule has 2 unspecified atom stereocenters. The van der Waals surface area contributed by atoms with Crippen molar-refractivity contribution in [3.8, 4) is 0 Å². The molecule has 0 spiro atoms. The molecule has 1 fully saturated rings. The Bertz CT molecular complexity index is 576. The first kappa shape index (κ1) is 15.2. The summed E-state index contributed by atoms with van der Waals surface area (Å²) < 4.78 is 13.5. The van der Waals surface area contributed by atoms with Crippen LogP contribution < -0.4 is 5.32 Å². The van der Waals surface area contributed by atoms with Crippen molar-refractivity contribution in [3.05, 3.63) is 33.6 Å². The third kappa shape index (κ3) is 3.29. The van der Waals surface area contributed by atoms with E-state index in [4.69, 9.17) is 0 Å². The lowest BCUT2D eigenvalue weighted by Gasteiger charge is -2.30. The summed E-state index contributed by atoms with van der Waals surface area (Å²) in [6.07, 6.45) is 2.88. The van der Waals surface area contributed by atoms with Gasteiger partial charge < -0.3 is 10.4 Å². The molecule has 1 aromatic carbocycles. The van der Waals surface area contributed by atoms with Gasteiger partial charge in [0.1, 0.15) is 11.5 Å². The van der Waals surface area contributed by atoms with E-state index in [-0.39, 0.29) is 23.0 Å². The summed E-state index contributed by atoms with van der Waals surface area (Å²) >= 11 is 0. The first-order valence-electron chi connectivity index (χ1n) is 6.84. The van der Waals surface area contributed by atoms with Crippen LogP contribution >= 0.6 is 0 Å². The molecule has 2 rings (SSSR count). The Kier molecular flexibility index (Phi) is 4.40. The molecule has 0 aromatic heterocycles. The summed E-state index contributed by atoms with van der Waals surface area (Å²) in [6.45, 7) is 1.51. The normalized spacial score (nSPS) is 21.8. The highest BCUT2D eigenvalue weighted by molar-refractivity contribution is 5.73. The van der Waals surface area contributed by atoms with Gasteiger partial charge in [0, 0.05) is 6.04 Å². The van der Waals surface area contributed by atoms with E-state index in [9.17, 15) is 24.4 Å². The monoisotopic (exact) mass is 296 g/mol. The number of halogens is 1. The third-order valence-corrected chi connectivity index (χ3v) is 3.90. The number of aryl methyl sites for hydroxylation is 1. The van der Waals surface area contributed by atoms with Gasteiger partial charge in [-0.3, -0.25) is 14.9 Å². The molecular formula is C14H17FN2O4. The van der Waals surface area contributed by atoms with Crippen LogP contribution in [0.4, 0.5) is 15.8 Å². The highest BCUT2D eigenvalue weighted by Crippen LogP contribution is 2.32. The molecule has 1 aliphatic rings. The van der Waals surface area contributed by atoms with Crippen molar-refractivity contribution in [2.45, 2.75) is 38.6 Å². The molecule has 1 saturated carbocycles. The zero-order chi connectivity index (χ0) is 15.6. The van der Waals surface area contributed by atoms with E-state index in [1.54, 1.807) is 0 Å². The minimum Gasteiger partial charge on any atom is -0.481 e. The first-order valence-corrected chi connectivity index (χ1v) is 6.84. The van der Waals surface area contributed by atoms with Crippen LogP contribution in [0.3, 0.4) is 0 Å². The molecule has 114 valence electrons. The molecule has 2 N–H and O–H groups in total. The lowest BCUT2D eigenvalue weighted by molar-refractivity contribution is -0.384. The largest absolute Gasteiger partial charge is 0.481 e. The lowest BCUT2D eigenvalue weighted by Crippen LogP contribution is -2.37. The maximum Gasteiger partial charge on any atom is 0.308 e. The summed E-state index contributed by atoms with van der Waals surface area (Å²) in [4.78, 5) is 21.6. The predicted octanol–water partition coefficient (Wildman–Crippen LogP) is 3.10.